The Labute approximate surface area is 634 Å². The van der Waals surface area contributed by atoms with Gasteiger partial charge in [0, 0.05) is 86.0 Å². The van der Waals surface area contributed by atoms with Crippen LogP contribution in [-0.4, -0.2) is 18.3 Å². The number of para-hydroxylation sites is 5. The molecule has 0 spiro atoms. The lowest BCUT2D eigenvalue weighted by atomic mass is 9.95. The van der Waals surface area contributed by atoms with Gasteiger partial charge in [0.25, 0.3) is 0 Å². The van der Waals surface area contributed by atoms with Crippen molar-refractivity contribution in [3.8, 4) is 78.4 Å². The molecule has 5 heteroatoms. The van der Waals surface area contributed by atoms with Crippen LogP contribution in [0.4, 0.5) is 0 Å². The zero-order valence-corrected chi connectivity index (χ0v) is 54.5. The second kappa shape index (κ2) is 24.1. The van der Waals surface area contributed by atoms with Crippen molar-refractivity contribution >= 4 is 119 Å². The van der Waals surface area contributed by atoms with Crippen molar-refractivity contribution in [2.75, 3.05) is 0 Å². The summed E-state index contributed by atoms with van der Waals surface area (Å²) in [7, 11) is 0. The molecular weight excluding hydrogens is 1250 g/mol. The standard InChI is InChI=1S/C49H32N2S.C48H32N2/c1-31-23-25-40-43-30-36(50-44-20-5-2-15-38(44)39-16-3-6-21-45(39)50)24-26-46(43)51(47(40)27-31)35-14-9-12-33(29-35)32-11-8-13-34(28-32)37-18-10-19-42-41-17-4-7-22-48(41)52-49(37)42;1-3-14-33(15-4-1)35-18-13-19-36(28-35)38-29-37(34-16-5-2-6-17-34)30-40(31-38)50-47-25-12-9-22-43(47)44-32-39(26-27-48(44)50)49-45-23-10-7-20-41(45)42-21-8-11-24-46(42)49/h2-30H,1H3;1-32H/i2D,3D,5D,6D,15D,16D,20D,21D,23D,24D,25D,26D,27D,30D;7D,8D,9D,10D,11D,12D,20D,21D,22D,23D,24D,25D,26D,27D,32D. The van der Waals surface area contributed by atoms with Crippen LogP contribution in [-0.2, 0) is 0 Å². The lowest BCUT2D eigenvalue weighted by Crippen LogP contribution is -1.97. The number of benzene rings is 16. The molecule has 0 saturated heterocycles. The number of rotatable bonds is 9. The van der Waals surface area contributed by atoms with Crippen LogP contribution >= 0.6 is 11.3 Å². The largest absolute Gasteiger partial charge is 0.309 e. The molecule has 21 rings (SSSR count). The molecule has 0 N–H and O–H groups in total. The van der Waals surface area contributed by atoms with E-state index >= 15 is 0 Å². The number of hydrogen-bond donors (Lipinski definition) is 0. The molecule has 0 unspecified atom stereocenters. The Bertz CT molecular complexity index is 8580. The predicted octanol–water partition coefficient (Wildman–Crippen LogP) is 26.8. The summed E-state index contributed by atoms with van der Waals surface area (Å²) in [5, 5.41) is 0.824. The van der Waals surface area contributed by atoms with Crippen LogP contribution in [0.15, 0.2) is 369 Å². The zero-order chi connectivity index (χ0) is 92.6. The Morgan fingerprint density at radius 2 is 0.608 bits per heavy atom. The minimum atomic E-state index is -0.707. The second-order valence-corrected chi connectivity index (χ2v) is 25.6. The first-order valence-corrected chi connectivity index (χ1v) is 33.5. The lowest BCUT2D eigenvalue weighted by Gasteiger charge is -2.15. The van der Waals surface area contributed by atoms with Gasteiger partial charge in [-0.1, -0.05) is 248 Å². The van der Waals surface area contributed by atoms with E-state index in [4.69, 9.17) is 26.0 Å². The van der Waals surface area contributed by atoms with Crippen molar-refractivity contribution in [2.45, 2.75) is 6.92 Å². The van der Waals surface area contributed by atoms with Gasteiger partial charge in [0.1, 0.15) is 0 Å². The molecule has 0 aliphatic heterocycles. The topological polar surface area (TPSA) is 19.7 Å². The third-order valence-electron chi connectivity index (χ3n) is 18.7. The molecule has 5 aromatic heterocycles. The van der Waals surface area contributed by atoms with Gasteiger partial charge in [-0.05, 0) is 189 Å². The van der Waals surface area contributed by atoms with Crippen molar-refractivity contribution < 1.29 is 39.8 Å². The van der Waals surface area contributed by atoms with Gasteiger partial charge < -0.3 is 18.3 Å². The molecule has 0 aliphatic rings. The first-order valence-electron chi connectivity index (χ1n) is 47.2. The second-order valence-electron chi connectivity index (χ2n) is 24.6. The first kappa shape index (κ1) is 36.7. The molecule has 16 aromatic carbocycles. The van der Waals surface area contributed by atoms with E-state index < -0.39 is 168 Å². The van der Waals surface area contributed by atoms with Gasteiger partial charge in [0.05, 0.1) is 83.9 Å². The number of thiophene rings is 1. The van der Waals surface area contributed by atoms with Gasteiger partial charge in [-0.2, -0.15) is 0 Å². The maximum atomic E-state index is 9.98. The van der Waals surface area contributed by atoms with Gasteiger partial charge in [-0.25, -0.2) is 0 Å². The number of aromatic nitrogens is 4. The average Bonchev–Trinajstić information content (AvgIpc) is 1.53. The smallest absolute Gasteiger partial charge is 0.0652 e. The van der Waals surface area contributed by atoms with Crippen LogP contribution in [0.25, 0.3) is 186 Å². The quantitative estimate of drug-likeness (QED) is 0.137. The van der Waals surface area contributed by atoms with Crippen molar-refractivity contribution in [3.63, 3.8) is 0 Å². The van der Waals surface area contributed by atoms with E-state index in [1.165, 1.54) is 20.0 Å². The Morgan fingerprint density at radius 1 is 0.235 bits per heavy atom. The van der Waals surface area contributed by atoms with E-state index in [1.807, 2.05) is 140 Å². The Kier molecular flexibility index (Phi) is 8.68. The molecular formula is C97H64N4S. The van der Waals surface area contributed by atoms with Crippen molar-refractivity contribution in [1.29, 1.82) is 0 Å². The van der Waals surface area contributed by atoms with Crippen LogP contribution in [0.3, 0.4) is 0 Å². The van der Waals surface area contributed by atoms with E-state index in [1.54, 1.807) is 35.0 Å². The summed E-state index contributed by atoms with van der Waals surface area (Å²) in [6.45, 7) is 1.55. The fourth-order valence-corrected chi connectivity index (χ4v) is 15.3. The van der Waals surface area contributed by atoms with E-state index in [-0.39, 0.29) is 111 Å². The highest BCUT2D eigenvalue weighted by Gasteiger charge is 2.21. The van der Waals surface area contributed by atoms with E-state index in [9.17, 15) is 13.7 Å². The SMILES string of the molecule is [2H]c1c(C)c([2H])c2c(c1[2H])c1c([2H])c(-n3c4c([2H])c([2H])c([2H])c([2H])c4c4c([2H])c([2H])c([2H])c([2H])c43)c([2H])c([2H])c1n2-c1cccc(-c2cccc(-c3cccc4c3sc3ccccc34)c2)c1.[2H]c1c([2H])c([2H])c2c(c1[2H])c1c([2H])c(-n3c4c([2H])c([2H])c([2H])c([2H])c4c4c([2H])c([2H])c([2H])c([2H])c43)c([2H])c([2H])c1n2-c1cc(-c2ccccc2)cc(-c2cccc(-c3ccccc3)c2)c1. The van der Waals surface area contributed by atoms with Crippen LogP contribution in [0, 0.1) is 6.92 Å². The van der Waals surface area contributed by atoms with Gasteiger partial charge in [-0.3, -0.25) is 0 Å². The maximum Gasteiger partial charge on any atom is 0.0652 e. The normalized spacial score (nSPS) is 15.8. The third kappa shape index (κ3) is 9.80. The highest BCUT2D eigenvalue weighted by molar-refractivity contribution is 7.26. The molecule has 0 saturated carbocycles. The predicted molar refractivity (Wildman–Crippen MR) is 435 cm³/mol. The average molecular weight is 1350 g/mol. The molecule has 102 heavy (non-hydrogen) atoms. The van der Waals surface area contributed by atoms with E-state index in [0.29, 0.717) is 22.5 Å². The third-order valence-corrected chi connectivity index (χ3v) is 19.9. The molecule has 4 nitrogen and oxygen atoms in total. The van der Waals surface area contributed by atoms with Gasteiger partial charge in [-0.15, -0.1) is 11.3 Å². The molecule has 0 fully saturated rings. The Hall–Kier alpha value is -13.1. The van der Waals surface area contributed by atoms with Gasteiger partial charge in [0.15, 0.2) is 0 Å². The molecule has 5 heterocycles. The summed E-state index contributed by atoms with van der Waals surface area (Å²) >= 11 is 1.73. The molecule has 21 aromatic rings. The first-order chi connectivity index (χ1) is 62.6. The summed E-state index contributed by atoms with van der Waals surface area (Å²) in [4.78, 5) is 0. The Morgan fingerprint density at radius 3 is 1.19 bits per heavy atom. The van der Waals surface area contributed by atoms with Crippen molar-refractivity contribution in [3.05, 3.63) is 375 Å². The van der Waals surface area contributed by atoms with Crippen LogP contribution in [0.1, 0.15) is 45.3 Å². The molecule has 478 valence electrons. The monoisotopic (exact) mass is 1350 g/mol. The van der Waals surface area contributed by atoms with Gasteiger partial charge in [0.2, 0.25) is 0 Å². The molecule has 0 atom stereocenters. The molecule has 0 aliphatic carbocycles. The molecule has 0 bridgehead atoms. The minimum absolute atomic E-state index is 0.0253. The summed E-state index contributed by atoms with van der Waals surface area (Å²) < 4.78 is 270. The fourth-order valence-electron chi connectivity index (χ4n) is 14.1. The minimum Gasteiger partial charge on any atom is -0.309 e. The maximum absolute atomic E-state index is 9.98. The Balaban J connectivity index is 0.000000164. The zero-order valence-electron chi connectivity index (χ0n) is 82.7. The van der Waals surface area contributed by atoms with Crippen molar-refractivity contribution in [2.24, 2.45) is 0 Å². The van der Waals surface area contributed by atoms with Crippen LogP contribution in [0.5, 0.6) is 0 Å². The molecule has 0 amide bonds. The number of nitrogens with zero attached hydrogens (tertiary/aromatic N) is 4. The van der Waals surface area contributed by atoms with E-state index in [0.717, 1.165) is 58.3 Å². The summed E-state index contributed by atoms with van der Waals surface area (Å²) in [6, 6.07) is 46.1. The summed E-state index contributed by atoms with van der Waals surface area (Å²) in [6.07, 6.45) is 0. The number of hydrogen-bond acceptors (Lipinski definition) is 1. The highest BCUT2D eigenvalue weighted by atomic mass is 32.1. The van der Waals surface area contributed by atoms with Crippen molar-refractivity contribution in [1.82, 2.24) is 18.3 Å². The highest BCUT2D eigenvalue weighted by Crippen LogP contribution is 2.44. The van der Waals surface area contributed by atoms with Crippen LogP contribution < -0.4 is 0 Å². The summed E-state index contributed by atoms with van der Waals surface area (Å²) in [5.41, 5.74) is 7.23. The fraction of sp³-hybridized carbons (Fsp3) is 0.0103. The molecule has 0 radical (unpaired) electrons. The number of fused-ring (bicyclic) bond motifs is 15. The van der Waals surface area contributed by atoms with Crippen LogP contribution in [0.2, 0.25) is 0 Å². The lowest BCUT2D eigenvalue weighted by molar-refractivity contribution is 1.16. The van der Waals surface area contributed by atoms with Gasteiger partial charge >= 0.3 is 0 Å². The summed E-state index contributed by atoms with van der Waals surface area (Å²) in [5.74, 6) is 0. The van der Waals surface area contributed by atoms with E-state index in [2.05, 4.69) is 42.5 Å².